The monoisotopic (exact) mass is 390 g/mol. The van der Waals surface area contributed by atoms with Crippen molar-refractivity contribution in [2.45, 2.75) is 19.8 Å². The fourth-order valence-corrected chi connectivity index (χ4v) is 3.23. The Kier molecular flexibility index (Phi) is 5.87. The van der Waals surface area contributed by atoms with E-state index in [-0.39, 0.29) is 5.75 Å². The predicted octanol–water partition coefficient (Wildman–Crippen LogP) is 1.09. The number of benzene rings is 3. The van der Waals surface area contributed by atoms with Gasteiger partial charge in [0.05, 0.1) is 13.2 Å². The van der Waals surface area contributed by atoms with Gasteiger partial charge in [-0.2, -0.15) is 0 Å². The minimum atomic E-state index is -0.864. The van der Waals surface area contributed by atoms with E-state index < -0.39 is 14.2 Å². The van der Waals surface area contributed by atoms with Crippen molar-refractivity contribution in [2.75, 3.05) is 0 Å². The molecule has 0 radical (unpaired) electrons. The summed E-state index contributed by atoms with van der Waals surface area (Å²) < 4.78 is 15.8. The maximum Gasteiger partial charge on any atom is 0.491 e. The molecule has 6 nitrogen and oxygen atoms in total. The molecule has 0 bridgehead atoms. The van der Waals surface area contributed by atoms with Crippen molar-refractivity contribution in [3.05, 3.63) is 83.4 Å². The van der Waals surface area contributed by atoms with Gasteiger partial charge in [0, 0.05) is 0 Å². The third-order valence-electron chi connectivity index (χ3n) is 4.82. The van der Waals surface area contributed by atoms with Crippen molar-refractivity contribution < 1.29 is 29.2 Å². The van der Waals surface area contributed by atoms with Gasteiger partial charge in [-0.25, -0.2) is 0 Å². The third-order valence-corrected chi connectivity index (χ3v) is 4.82. The molecule has 2 aliphatic heterocycles. The van der Waals surface area contributed by atoms with E-state index in [0.29, 0.717) is 25.3 Å². The molecule has 8 heteroatoms. The van der Waals surface area contributed by atoms with Gasteiger partial charge in [-0.3, -0.25) is 0 Å². The third kappa shape index (κ3) is 4.63. The van der Waals surface area contributed by atoms with Crippen LogP contribution in [0, 0.1) is 0 Å². The van der Waals surface area contributed by atoms with E-state index in [4.69, 9.17) is 19.2 Å². The van der Waals surface area contributed by atoms with Crippen molar-refractivity contribution in [1.82, 2.24) is 0 Å². The van der Waals surface area contributed by atoms with Gasteiger partial charge in [-0.05, 0) is 51.9 Å². The minimum Gasteiger partial charge on any atom is -0.508 e. The summed E-state index contributed by atoms with van der Waals surface area (Å²) in [6.45, 7) is 1.42. The van der Waals surface area contributed by atoms with Crippen LogP contribution >= 0.6 is 0 Å². The highest BCUT2D eigenvalue weighted by atomic mass is 16.5. The molecule has 29 heavy (non-hydrogen) atoms. The van der Waals surface area contributed by atoms with Gasteiger partial charge in [0.2, 0.25) is 0 Å². The Labute approximate surface area is 169 Å². The summed E-state index contributed by atoms with van der Waals surface area (Å²) >= 11 is 0. The zero-order valence-corrected chi connectivity index (χ0v) is 15.7. The maximum absolute atomic E-state index is 9.61. The van der Waals surface area contributed by atoms with Crippen LogP contribution < -0.4 is 15.7 Å². The van der Waals surface area contributed by atoms with Crippen LogP contribution in [0.2, 0.25) is 0 Å². The number of phenolic OH excluding ortho intramolecular Hbond substituents is 1. The van der Waals surface area contributed by atoms with Crippen LogP contribution in [0.5, 0.6) is 11.5 Å². The lowest BCUT2D eigenvalue weighted by atomic mass is 9.79. The van der Waals surface area contributed by atoms with Gasteiger partial charge < -0.3 is 29.2 Å². The van der Waals surface area contributed by atoms with E-state index in [0.717, 1.165) is 27.9 Å². The number of fused-ring (bicyclic) bond motifs is 2. The van der Waals surface area contributed by atoms with Gasteiger partial charge in [0.15, 0.2) is 0 Å². The van der Waals surface area contributed by atoms with Crippen molar-refractivity contribution in [3.63, 3.8) is 0 Å². The van der Waals surface area contributed by atoms with E-state index in [2.05, 4.69) is 0 Å². The molecule has 146 valence electrons. The first-order valence-corrected chi connectivity index (χ1v) is 9.31. The molecule has 5 rings (SSSR count). The van der Waals surface area contributed by atoms with Gasteiger partial charge in [-0.15, -0.1) is 0 Å². The quantitative estimate of drug-likeness (QED) is 0.581. The second kappa shape index (κ2) is 8.71. The van der Waals surface area contributed by atoms with Gasteiger partial charge >= 0.3 is 14.2 Å². The molecule has 3 aromatic rings. The van der Waals surface area contributed by atoms with Gasteiger partial charge in [0.25, 0.3) is 0 Å². The molecule has 0 fully saturated rings. The van der Waals surface area contributed by atoms with Crippen molar-refractivity contribution >= 4 is 25.2 Å². The molecule has 2 heterocycles. The van der Waals surface area contributed by atoms with E-state index in [1.54, 1.807) is 12.1 Å². The zero-order valence-electron chi connectivity index (χ0n) is 15.7. The molecule has 0 unspecified atom stereocenters. The maximum atomic E-state index is 9.61. The Morgan fingerprint density at radius 1 is 0.793 bits per heavy atom. The lowest BCUT2D eigenvalue weighted by molar-refractivity contribution is 0.275. The molecule has 0 spiro atoms. The smallest absolute Gasteiger partial charge is 0.491 e. The highest BCUT2D eigenvalue weighted by Gasteiger charge is 2.28. The lowest BCUT2D eigenvalue weighted by Gasteiger charge is -2.07. The predicted molar refractivity (Wildman–Crippen MR) is 110 cm³/mol. The van der Waals surface area contributed by atoms with Crippen LogP contribution in [0.4, 0.5) is 0 Å². The number of hydrogen-bond donors (Lipinski definition) is 3. The molecule has 0 amide bonds. The largest absolute Gasteiger partial charge is 0.508 e. The molecule has 0 aromatic heterocycles. The Morgan fingerprint density at radius 2 is 1.41 bits per heavy atom. The fraction of sp³-hybridized carbons (Fsp3) is 0.143. The molecular weight excluding hydrogens is 370 g/mol. The minimum absolute atomic E-state index is 0.160. The normalized spacial score (nSPS) is 14.1. The molecule has 0 atom stereocenters. The topological polar surface area (TPSA) is 88.4 Å². The van der Waals surface area contributed by atoms with Crippen LogP contribution in [0.3, 0.4) is 0 Å². The molecule has 3 N–H and O–H groups in total. The summed E-state index contributed by atoms with van der Waals surface area (Å²) in [5.74, 6) is 0.912. The summed E-state index contributed by atoms with van der Waals surface area (Å²) in [6.07, 6.45) is 0. The van der Waals surface area contributed by atoms with Crippen LogP contribution in [0.1, 0.15) is 16.7 Å². The molecule has 0 saturated carbocycles. The van der Waals surface area contributed by atoms with E-state index >= 15 is 0 Å². The molecular formula is C21H20B2O6. The number of phenols is 1. The summed E-state index contributed by atoms with van der Waals surface area (Å²) in [5, 5.41) is 27.8. The van der Waals surface area contributed by atoms with Crippen LogP contribution in [-0.4, -0.2) is 29.4 Å². The van der Waals surface area contributed by atoms with Crippen LogP contribution in [-0.2, 0) is 29.1 Å². The average molecular weight is 390 g/mol. The lowest BCUT2D eigenvalue weighted by Crippen LogP contribution is -2.27. The first kappa shape index (κ1) is 19.5. The number of hydrogen-bond acceptors (Lipinski definition) is 6. The highest BCUT2D eigenvalue weighted by Crippen LogP contribution is 2.17. The van der Waals surface area contributed by atoms with E-state index in [9.17, 15) is 10.0 Å². The van der Waals surface area contributed by atoms with Gasteiger partial charge in [-0.1, -0.05) is 42.5 Å². The average Bonchev–Trinajstić information content (AvgIpc) is 3.30. The standard InChI is InChI=1S/C14H13BO3.C7H7BO3/c16-15-14-8-13(7-6-12(14)10-18-15)17-9-11-4-2-1-3-5-11;9-6-2-1-5-4-11-8(10)7(5)3-6/h1-8,16H,9-10H2;1-3,9-10H,4H2. The summed E-state index contributed by atoms with van der Waals surface area (Å²) in [7, 11) is -1.68. The van der Waals surface area contributed by atoms with E-state index in [1.165, 1.54) is 6.07 Å². The first-order chi connectivity index (χ1) is 14.1. The Bertz CT molecular complexity index is 982. The van der Waals surface area contributed by atoms with Crippen molar-refractivity contribution in [3.8, 4) is 11.5 Å². The fourth-order valence-electron chi connectivity index (χ4n) is 3.23. The zero-order chi connectivity index (χ0) is 20.2. The van der Waals surface area contributed by atoms with Crippen LogP contribution in [0.25, 0.3) is 0 Å². The second-order valence-electron chi connectivity index (χ2n) is 6.84. The SMILES string of the molecule is OB1OCc2ccc(O)cc21.OB1OCc2ccc(OCc3ccccc3)cc21. The number of rotatable bonds is 3. The summed E-state index contributed by atoms with van der Waals surface area (Å²) in [5.41, 5.74) is 4.56. The molecule has 3 aromatic carbocycles. The Balaban J connectivity index is 0.000000159. The van der Waals surface area contributed by atoms with Crippen molar-refractivity contribution in [1.29, 1.82) is 0 Å². The first-order valence-electron chi connectivity index (χ1n) is 9.31. The second-order valence-corrected chi connectivity index (χ2v) is 6.84. The summed E-state index contributed by atoms with van der Waals surface area (Å²) in [4.78, 5) is 0. The molecule has 0 saturated heterocycles. The summed E-state index contributed by atoms with van der Waals surface area (Å²) in [6, 6.07) is 20.5. The van der Waals surface area contributed by atoms with Gasteiger partial charge in [0.1, 0.15) is 18.1 Å². The Hall–Kier alpha value is -2.77. The Morgan fingerprint density at radius 3 is 2.10 bits per heavy atom. The van der Waals surface area contributed by atoms with E-state index in [1.807, 2.05) is 48.5 Å². The number of aromatic hydroxyl groups is 1. The highest BCUT2D eigenvalue weighted by molar-refractivity contribution is 6.62. The molecule has 2 aliphatic rings. The van der Waals surface area contributed by atoms with Crippen LogP contribution in [0.15, 0.2) is 66.7 Å². The molecule has 0 aliphatic carbocycles. The van der Waals surface area contributed by atoms with Crippen molar-refractivity contribution in [2.24, 2.45) is 0 Å². The number of ether oxygens (including phenoxy) is 1.